The first-order valence-electron chi connectivity index (χ1n) is 8.45. The number of methoxy groups -OCH3 is 1. The summed E-state index contributed by atoms with van der Waals surface area (Å²) in [7, 11) is 1.66. The molecule has 1 aromatic heterocycles. The van der Waals surface area contributed by atoms with Crippen molar-refractivity contribution < 1.29 is 9.53 Å². The number of ether oxygens (including phenoxy) is 1. The topological polar surface area (TPSA) is 55.3 Å². The van der Waals surface area contributed by atoms with Gasteiger partial charge < -0.3 is 9.64 Å². The Hall–Kier alpha value is -2.08. The van der Waals surface area contributed by atoms with Gasteiger partial charge in [-0.2, -0.15) is 0 Å². The van der Waals surface area contributed by atoms with E-state index >= 15 is 0 Å². The number of aromatic nitrogens is 2. The van der Waals surface area contributed by atoms with E-state index in [2.05, 4.69) is 16.0 Å². The van der Waals surface area contributed by atoms with Gasteiger partial charge in [-0.1, -0.05) is 23.9 Å². The Balaban J connectivity index is 1.68. The van der Waals surface area contributed by atoms with E-state index in [4.69, 9.17) is 4.74 Å². The zero-order chi connectivity index (χ0) is 17.8. The Morgan fingerprint density at radius 1 is 1.28 bits per heavy atom. The number of benzene rings is 1. The summed E-state index contributed by atoms with van der Waals surface area (Å²) < 4.78 is 5.31. The average Bonchev–Trinajstić information content (AvgIpc) is 3.09. The second-order valence-corrected chi connectivity index (χ2v) is 7.19. The monoisotopic (exact) mass is 357 g/mol. The number of hydrogen-bond donors (Lipinski definition) is 0. The van der Waals surface area contributed by atoms with Crippen molar-refractivity contribution >= 4 is 17.7 Å². The predicted octanol–water partition coefficient (Wildman–Crippen LogP) is 3.56. The third-order valence-electron chi connectivity index (χ3n) is 4.34. The van der Waals surface area contributed by atoms with Gasteiger partial charge in [-0.3, -0.25) is 4.79 Å². The highest BCUT2D eigenvalue weighted by Crippen LogP contribution is 2.34. The molecular weight excluding hydrogens is 334 g/mol. The van der Waals surface area contributed by atoms with Gasteiger partial charge in [0.05, 0.1) is 18.9 Å². The minimum Gasteiger partial charge on any atom is -0.497 e. The molecule has 0 radical (unpaired) electrons. The molecule has 2 aromatic rings. The number of nitrogens with zero attached hydrogens (tertiary/aromatic N) is 3. The molecule has 1 fully saturated rings. The van der Waals surface area contributed by atoms with Crippen molar-refractivity contribution in [3.63, 3.8) is 0 Å². The maximum atomic E-state index is 12.7. The highest BCUT2D eigenvalue weighted by atomic mass is 32.2. The first kappa shape index (κ1) is 17.7. The van der Waals surface area contributed by atoms with Gasteiger partial charge >= 0.3 is 0 Å². The highest BCUT2D eigenvalue weighted by molar-refractivity contribution is 7.99. The van der Waals surface area contributed by atoms with Crippen LogP contribution in [0.5, 0.6) is 5.75 Å². The lowest BCUT2D eigenvalue weighted by molar-refractivity contribution is -0.129. The molecule has 1 unspecified atom stereocenters. The molecule has 5 nitrogen and oxygen atoms in total. The molecular formula is C19H23N3O2S. The Kier molecular flexibility index (Phi) is 5.58. The molecule has 132 valence electrons. The van der Waals surface area contributed by atoms with E-state index in [1.54, 1.807) is 7.11 Å². The molecule has 2 heterocycles. The zero-order valence-electron chi connectivity index (χ0n) is 14.9. The van der Waals surface area contributed by atoms with Crippen molar-refractivity contribution in [3.8, 4) is 5.75 Å². The number of hydrogen-bond acceptors (Lipinski definition) is 5. The fourth-order valence-corrected chi connectivity index (χ4v) is 4.06. The van der Waals surface area contributed by atoms with Gasteiger partial charge in [0.2, 0.25) is 5.91 Å². The van der Waals surface area contributed by atoms with Crippen LogP contribution in [0.2, 0.25) is 0 Å². The third kappa shape index (κ3) is 4.31. The fraction of sp³-hybridized carbons (Fsp3) is 0.421. The molecule has 0 spiro atoms. The van der Waals surface area contributed by atoms with Crippen LogP contribution in [0.4, 0.5) is 0 Å². The first-order chi connectivity index (χ1) is 12.1. The summed E-state index contributed by atoms with van der Waals surface area (Å²) in [6, 6.07) is 10.1. The summed E-state index contributed by atoms with van der Waals surface area (Å²) in [5.41, 5.74) is 2.99. The Morgan fingerprint density at radius 3 is 2.76 bits per heavy atom. The highest BCUT2D eigenvalue weighted by Gasteiger charge is 2.30. The van der Waals surface area contributed by atoms with Crippen LogP contribution in [-0.2, 0) is 4.79 Å². The third-order valence-corrected chi connectivity index (χ3v) is 5.17. The van der Waals surface area contributed by atoms with E-state index in [1.165, 1.54) is 11.8 Å². The van der Waals surface area contributed by atoms with Crippen LogP contribution in [0, 0.1) is 13.8 Å². The van der Waals surface area contributed by atoms with E-state index in [-0.39, 0.29) is 11.9 Å². The Morgan fingerprint density at radius 2 is 2.04 bits per heavy atom. The van der Waals surface area contributed by atoms with Gasteiger partial charge in [0.1, 0.15) is 5.75 Å². The molecule has 0 aliphatic carbocycles. The van der Waals surface area contributed by atoms with Crippen LogP contribution in [0.3, 0.4) is 0 Å². The molecule has 1 amide bonds. The SMILES string of the molecule is COc1cccc(C2CCCN2C(=O)CSc2nc(C)cc(C)n2)c1. The van der Waals surface area contributed by atoms with Crippen molar-refractivity contribution in [2.24, 2.45) is 0 Å². The van der Waals surface area contributed by atoms with E-state index in [0.717, 1.165) is 42.1 Å². The lowest BCUT2D eigenvalue weighted by atomic mass is 10.0. The van der Waals surface area contributed by atoms with E-state index in [9.17, 15) is 4.79 Å². The standard InChI is InChI=1S/C19H23N3O2S/c1-13-10-14(2)21-19(20-13)25-12-18(23)22-9-5-8-17(22)15-6-4-7-16(11-15)24-3/h4,6-7,10-11,17H,5,8-9,12H2,1-3H3. The van der Waals surface area contributed by atoms with E-state index in [0.29, 0.717) is 10.9 Å². The van der Waals surface area contributed by atoms with Crippen molar-refractivity contribution in [2.75, 3.05) is 19.4 Å². The summed E-state index contributed by atoms with van der Waals surface area (Å²) in [6.45, 7) is 4.69. The minimum atomic E-state index is 0.128. The molecule has 6 heteroatoms. The van der Waals surface area contributed by atoms with Gasteiger partial charge in [-0.05, 0) is 50.5 Å². The molecule has 1 aromatic carbocycles. The molecule has 1 aliphatic heterocycles. The second-order valence-electron chi connectivity index (χ2n) is 6.24. The number of aryl methyl sites for hydroxylation is 2. The average molecular weight is 357 g/mol. The normalized spacial score (nSPS) is 16.9. The van der Waals surface area contributed by atoms with Crippen LogP contribution in [-0.4, -0.2) is 40.2 Å². The molecule has 3 rings (SSSR count). The predicted molar refractivity (Wildman–Crippen MR) is 98.9 cm³/mol. The number of thioether (sulfide) groups is 1. The lowest BCUT2D eigenvalue weighted by Gasteiger charge is -2.25. The van der Waals surface area contributed by atoms with Gasteiger partial charge in [-0.25, -0.2) is 9.97 Å². The summed E-state index contributed by atoms with van der Waals surface area (Å²) in [6.07, 6.45) is 2.02. The summed E-state index contributed by atoms with van der Waals surface area (Å²) in [5.74, 6) is 1.33. The molecule has 1 aliphatic rings. The van der Waals surface area contributed by atoms with Gasteiger partial charge in [0, 0.05) is 17.9 Å². The largest absolute Gasteiger partial charge is 0.497 e. The van der Waals surface area contributed by atoms with Crippen molar-refractivity contribution in [1.82, 2.24) is 14.9 Å². The molecule has 1 atom stereocenters. The van der Waals surface area contributed by atoms with Crippen LogP contribution in [0.15, 0.2) is 35.5 Å². The zero-order valence-corrected chi connectivity index (χ0v) is 15.7. The quantitative estimate of drug-likeness (QED) is 0.605. The number of rotatable bonds is 5. The van der Waals surface area contributed by atoms with Crippen molar-refractivity contribution in [3.05, 3.63) is 47.3 Å². The van der Waals surface area contributed by atoms with Gasteiger partial charge in [0.15, 0.2) is 5.16 Å². The number of carbonyl (C=O) groups is 1. The summed E-state index contributed by atoms with van der Waals surface area (Å²) in [4.78, 5) is 23.5. The maximum Gasteiger partial charge on any atom is 0.233 e. The number of amides is 1. The lowest BCUT2D eigenvalue weighted by Crippen LogP contribution is -2.32. The molecule has 0 bridgehead atoms. The summed E-state index contributed by atoms with van der Waals surface area (Å²) in [5, 5.41) is 0.669. The van der Waals surface area contributed by atoms with Crippen LogP contribution in [0.25, 0.3) is 0 Å². The van der Waals surface area contributed by atoms with Crippen molar-refractivity contribution in [1.29, 1.82) is 0 Å². The fourth-order valence-electron chi connectivity index (χ4n) is 3.23. The van der Waals surface area contributed by atoms with Crippen LogP contribution >= 0.6 is 11.8 Å². The second kappa shape index (κ2) is 7.87. The van der Waals surface area contributed by atoms with E-state index in [1.807, 2.05) is 43.0 Å². The van der Waals surface area contributed by atoms with Crippen LogP contribution < -0.4 is 4.74 Å². The van der Waals surface area contributed by atoms with Gasteiger partial charge in [-0.15, -0.1) is 0 Å². The summed E-state index contributed by atoms with van der Waals surface area (Å²) >= 11 is 1.41. The van der Waals surface area contributed by atoms with Gasteiger partial charge in [0.25, 0.3) is 0 Å². The maximum absolute atomic E-state index is 12.7. The molecule has 0 N–H and O–H groups in total. The van der Waals surface area contributed by atoms with E-state index < -0.39 is 0 Å². The molecule has 25 heavy (non-hydrogen) atoms. The Labute approximate surface area is 152 Å². The molecule has 1 saturated heterocycles. The number of likely N-dealkylation sites (tertiary alicyclic amines) is 1. The first-order valence-corrected chi connectivity index (χ1v) is 9.44. The van der Waals surface area contributed by atoms with Crippen molar-refractivity contribution in [2.45, 2.75) is 37.9 Å². The van der Waals surface area contributed by atoms with Crippen LogP contribution in [0.1, 0.15) is 35.8 Å². The molecule has 0 saturated carbocycles. The smallest absolute Gasteiger partial charge is 0.233 e. The Bertz CT molecular complexity index is 746. The number of carbonyl (C=O) groups excluding carboxylic acids is 1. The minimum absolute atomic E-state index is 0.128.